The van der Waals surface area contributed by atoms with Crippen LogP contribution in [-0.2, 0) is 0 Å². The van der Waals surface area contributed by atoms with Crippen molar-refractivity contribution in [1.29, 1.82) is 0 Å². The molecule has 1 aliphatic heterocycles. The Hall–Kier alpha value is -1.29. The molecule has 1 N–H and O–H groups in total. The third kappa shape index (κ3) is 4.10. The lowest BCUT2D eigenvalue weighted by atomic mass is 9.85. The molecule has 1 aromatic heterocycles. The highest BCUT2D eigenvalue weighted by atomic mass is 35.5. The Bertz CT molecular complexity index is 516. The molecule has 5 heteroatoms. The van der Waals surface area contributed by atoms with Gasteiger partial charge in [-0.1, -0.05) is 25.4 Å². The highest BCUT2D eigenvalue weighted by molar-refractivity contribution is 6.33. The maximum atomic E-state index is 12.6. The van der Waals surface area contributed by atoms with Gasteiger partial charge in [0, 0.05) is 25.8 Å². The van der Waals surface area contributed by atoms with Crippen LogP contribution in [0.4, 0.5) is 5.82 Å². The molecule has 1 aliphatic rings. The normalized spacial score (nSPS) is 18.2. The van der Waals surface area contributed by atoms with E-state index in [0.717, 1.165) is 38.9 Å². The van der Waals surface area contributed by atoms with Gasteiger partial charge in [-0.15, -0.1) is 0 Å². The summed E-state index contributed by atoms with van der Waals surface area (Å²) in [5.74, 6) is 0.665. The van der Waals surface area contributed by atoms with Crippen LogP contribution in [0.25, 0.3) is 0 Å². The van der Waals surface area contributed by atoms with Gasteiger partial charge in [0.1, 0.15) is 5.82 Å². The number of nitrogens with one attached hydrogen (secondary N) is 1. The van der Waals surface area contributed by atoms with Crippen LogP contribution in [0.2, 0.25) is 5.02 Å². The van der Waals surface area contributed by atoms with Gasteiger partial charge in [0.25, 0.3) is 5.91 Å². The summed E-state index contributed by atoms with van der Waals surface area (Å²) in [5.41, 5.74) is 0.890. The van der Waals surface area contributed by atoms with Gasteiger partial charge in [-0.3, -0.25) is 4.79 Å². The number of hydrogen-bond acceptors (Lipinski definition) is 3. The molecule has 0 aromatic carbocycles. The number of aromatic nitrogens is 1. The molecule has 0 spiro atoms. The first-order chi connectivity index (χ1) is 9.93. The van der Waals surface area contributed by atoms with E-state index in [4.69, 9.17) is 11.6 Å². The van der Waals surface area contributed by atoms with Gasteiger partial charge in [-0.2, -0.15) is 0 Å². The van der Waals surface area contributed by atoms with Crippen molar-refractivity contribution in [3.8, 4) is 0 Å². The molecule has 2 heterocycles. The number of rotatable bonds is 3. The van der Waals surface area contributed by atoms with E-state index >= 15 is 0 Å². The number of nitrogens with zero attached hydrogens (tertiary/aromatic N) is 2. The first kappa shape index (κ1) is 16.1. The molecule has 116 valence electrons. The molecule has 2 rings (SSSR count). The molecular formula is C16H24ClN3O. The number of amides is 1. The predicted octanol–water partition coefficient (Wildman–Crippen LogP) is 3.82. The van der Waals surface area contributed by atoms with Crippen LogP contribution in [-0.4, -0.2) is 35.4 Å². The minimum Gasteiger partial charge on any atom is -0.369 e. The topological polar surface area (TPSA) is 45.2 Å². The van der Waals surface area contributed by atoms with E-state index in [1.54, 1.807) is 12.3 Å². The van der Waals surface area contributed by atoms with E-state index in [0.29, 0.717) is 21.8 Å². The van der Waals surface area contributed by atoms with Crippen molar-refractivity contribution in [3.05, 3.63) is 22.8 Å². The number of likely N-dealkylation sites (tertiary alicyclic amines) is 1. The lowest BCUT2D eigenvalue weighted by Gasteiger charge is -2.23. The molecule has 1 amide bonds. The first-order valence-electron chi connectivity index (χ1n) is 7.61. The Morgan fingerprint density at radius 3 is 2.86 bits per heavy atom. The van der Waals surface area contributed by atoms with Gasteiger partial charge in [0.2, 0.25) is 0 Å². The Balaban J connectivity index is 2.11. The fourth-order valence-electron chi connectivity index (χ4n) is 2.66. The van der Waals surface area contributed by atoms with Crippen molar-refractivity contribution < 1.29 is 4.79 Å². The van der Waals surface area contributed by atoms with Crippen LogP contribution >= 0.6 is 11.6 Å². The van der Waals surface area contributed by atoms with Crippen LogP contribution in [0.5, 0.6) is 0 Å². The number of anilines is 1. The smallest absolute Gasteiger partial charge is 0.255 e. The highest BCUT2D eigenvalue weighted by Crippen LogP contribution is 2.30. The van der Waals surface area contributed by atoms with E-state index in [1.807, 2.05) is 11.8 Å². The van der Waals surface area contributed by atoms with Crippen molar-refractivity contribution >= 4 is 23.3 Å². The lowest BCUT2D eigenvalue weighted by Crippen LogP contribution is -2.32. The van der Waals surface area contributed by atoms with Crippen LogP contribution in [0.1, 0.15) is 50.4 Å². The zero-order chi connectivity index (χ0) is 15.5. The number of hydrogen-bond donors (Lipinski definition) is 1. The molecule has 0 bridgehead atoms. The number of pyridine rings is 1. The largest absolute Gasteiger partial charge is 0.369 e. The summed E-state index contributed by atoms with van der Waals surface area (Å²) in [6.07, 6.45) is 4.86. The number of halogens is 1. The number of carbonyl (C=O) groups excluding carboxylic acids is 1. The predicted molar refractivity (Wildman–Crippen MR) is 86.9 cm³/mol. The first-order valence-corrected chi connectivity index (χ1v) is 7.99. The van der Waals surface area contributed by atoms with Crippen molar-refractivity contribution in [2.45, 2.75) is 40.0 Å². The van der Waals surface area contributed by atoms with Crippen LogP contribution in [0.3, 0.4) is 0 Å². The highest BCUT2D eigenvalue weighted by Gasteiger charge is 2.26. The zero-order valence-electron chi connectivity index (χ0n) is 13.1. The summed E-state index contributed by atoms with van der Waals surface area (Å²) in [6.45, 7) is 8.89. The molecule has 0 radical (unpaired) electrons. The molecule has 1 aromatic rings. The zero-order valence-corrected chi connectivity index (χ0v) is 13.8. The van der Waals surface area contributed by atoms with Crippen molar-refractivity contribution in [2.24, 2.45) is 5.41 Å². The van der Waals surface area contributed by atoms with E-state index in [-0.39, 0.29) is 5.91 Å². The van der Waals surface area contributed by atoms with Crippen LogP contribution in [0, 0.1) is 5.41 Å². The molecule has 1 fully saturated rings. The SMILES string of the molecule is CCNc1ncc(C(=O)N2CCCC(C)(C)CC2)cc1Cl. The van der Waals surface area contributed by atoms with Gasteiger partial charge < -0.3 is 10.2 Å². The van der Waals surface area contributed by atoms with Crippen molar-refractivity contribution in [2.75, 3.05) is 25.0 Å². The van der Waals surface area contributed by atoms with Gasteiger partial charge in [-0.05, 0) is 37.7 Å². The van der Waals surface area contributed by atoms with Gasteiger partial charge >= 0.3 is 0 Å². The molecule has 1 saturated heterocycles. The fourth-order valence-corrected chi connectivity index (χ4v) is 2.89. The molecule has 21 heavy (non-hydrogen) atoms. The summed E-state index contributed by atoms with van der Waals surface area (Å²) in [5, 5.41) is 3.57. The van der Waals surface area contributed by atoms with Gasteiger partial charge in [0.05, 0.1) is 10.6 Å². The fraction of sp³-hybridized carbons (Fsp3) is 0.625. The van der Waals surface area contributed by atoms with Crippen molar-refractivity contribution in [1.82, 2.24) is 9.88 Å². The summed E-state index contributed by atoms with van der Waals surface area (Å²) < 4.78 is 0. The van der Waals surface area contributed by atoms with Crippen molar-refractivity contribution in [3.63, 3.8) is 0 Å². The summed E-state index contributed by atoms with van der Waals surface area (Å²) in [7, 11) is 0. The second-order valence-electron chi connectivity index (χ2n) is 6.39. The third-order valence-electron chi connectivity index (χ3n) is 4.06. The van der Waals surface area contributed by atoms with E-state index in [2.05, 4.69) is 24.1 Å². The summed E-state index contributed by atoms with van der Waals surface area (Å²) in [4.78, 5) is 18.8. The Morgan fingerprint density at radius 2 is 2.19 bits per heavy atom. The third-order valence-corrected chi connectivity index (χ3v) is 4.35. The molecule has 4 nitrogen and oxygen atoms in total. The Labute approximate surface area is 131 Å². The molecule has 0 unspecified atom stereocenters. The molecule has 0 atom stereocenters. The second kappa shape index (κ2) is 6.65. The molecular weight excluding hydrogens is 286 g/mol. The van der Waals surface area contributed by atoms with E-state index in [1.165, 1.54) is 0 Å². The quantitative estimate of drug-likeness (QED) is 0.923. The summed E-state index contributed by atoms with van der Waals surface area (Å²) in [6, 6.07) is 1.71. The lowest BCUT2D eigenvalue weighted by molar-refractivity contribution is 0.0757. The van der Waals surface area contributed by atoms with Crippen LogP contribution in [0.15, 0.2) is 12.3 Å². The minimum atomic E-state index is 0.0325. The molecule has 0 saturated carbocycles. The second-order valence-corrected chi connectivity index (χ2v) is 6.80. The van der Waals surface area contributed by atoms with E-state index < -0.39 is 0 Å². The van der Waals surface area contributed by atoms with E-state index in [9.17, 15) is 4.79 Å². The number of carbonyl (C=O) groups is 1. The standard InChI is InChI=1S/C16H24ClN3O/c1-4-18-14-13(17)10-12(11-19-14)15(21)20-8-5-6-16(2,3)7-9-20/h10-11H,4-9H2,1-3H3,(H,18,19). The van der Waals surface area contributed by atoms with Gasteiger partial charge in [0.15, 0.2) is 0 Å². The average Bonchev–Trinajstić information content (AvgIpc) is 2.61. The summed E-state index contributed by atoms with van der Waals surface area (Å²) >= 11 is 6.17. The average molecular weight is 310 g/mol. The maximum absolute atomic E-state index is 12.6. The monoisotopic (exact) mass is 309 g/mol. The Morgan fingerprint density at radius 1 is 1.43 bits per heavy atom. The van der Waals surface area contributed by atoms with Crippen LogP contribution < -0.4 is 5.32 Å². The Kier molecular flexibility index (Phi) is 5.09. The maximum Gasteiger partial charge on any atom is 0.255 e. The van der Waals surface area contributed by atoms with Gasteiger partial charge in [-0.25, -0.2) is 4.98 Å². The minimum absolute atomic E-state index is 0.0325. The molecule has 0 aliphatic carbocycles.